The monoisotopic (exact) mass is 241 g/mol. The lowest BCUT2D eigenvalue weighted by Gasteiger charge is -2.15. The van der Waals surface area contributed by atoms with Crippen molar-refractivity contribution in [3.8, 4) is 0 Å². The maximum atomic E-state index is 10.9. The predicted molar refractivity (Wildman–Crippen MR) is 72.3 cm³/mol. The van der Waals surface area contributed by atoms with Gasteiger partial charge in [0.15, 0.2) is 0 Å². The van der Waals surface area contributed by atoms with E-state index < -0.39 is 0 Å². The average molecular weight is 241 g/mol. The summed E-state index contributed by atoms with van der Waals surface area (Å²) in [5.74, 6) is 0. The molecule has 0 saturated heterocycles. The van der Waals surface area contributed by atoms with Crippen LogP contribution in [0.3, 0.4) is 0 Å². The summed E-state index contributed by atoms with van der Waals surface area (Å²) in [5.41, 5.74) is 3.13. The molecule has 18 heavy (non-hydrogen) atoms. The molecule has 4 heteroatoms. The number of hydrogen-bond donors (Lipinski definition) is 0. The molecule has 0 spiro atoms. The Kier molecular flexibility index (Phi) is 4.02. The molecule has 2 aromatic rings. The molecular formula is C14H15N3O. The van der Waals surface area contributed by atoms with Crippen LogP contribution >= 0.6 is 0 Å². The summed E-state index contributed by atoms with van der Waals surface area (Å²) >= 11 is 0. The van der Waals surface area contributed by atoms with Crippen LogP contribution in [0.5, 0.6) is 0 Å². The smallest absolute Gasteiger partial charge is 0.0626 e. The number of rotatable bonds is 5. The first-order chi connectivity index (χ1) is 8.79. The average Bonchev–Trinajstić information content (AvgIpc) is 2.42. The van der Waals surface area contributed by atoms with Gasteiger partial charge in [0, 0.05) is 18.9 Å². The Balaban J connectivity index is 2.02. The molecule has 0 saturated carbocycles. The third kappa shape index (κ3) is 3.13. The van der Waals surface area contributed by atoms with Gasteiger partial charge in [-0.2, -0.15) is 0 Å². The zero-order valence-corrected chi connectivity index (χ0v) is 10.3. The van der Waals surface area contributed by atoms with Crippen molar-refractivity contribution in [1.29, 1.82) is 0 Å². The molecule has 0 aliphatic carbocycles. The number of nitroso groups, excluding NO2 is 1. The van der Waals surface area contributed by atoms with Crippen molar-refractivity contribution in [2.24, 2.45) is 5.29 Å². The zero-order valence-electron chi connectivity index (χ0n) is 10.3. The van der Waals surface area contributed by atoms with Crippen LogP contribution < -0.4 is 5.01 Å². The molecule has 0 aliphatic heterocycles. The molecular weight excluding hydrogens is 226 g/mol. The van der Waals surface area contributed by atoms with Crippen LogP contribution in [0.4, 0.5) is 5.69 Å². The second kappa shape index (κ2) is 5.91. The summed E-state index contributed by atoms with van der Waals surface area (Å²) in [4.78, 5) is 14.8. The van der Waals surface area contributed by atoms with Gasteiger partial charge < -0.3 is 0 Å². The van der Waals surface area contributed by atoms with Crippen LogP contribution in [0, 0.1) is 11.8 Å². The Morgan fingerprint density at radius 3 is 2.39 bits per heavy atom. The van der Waals surface area contributed by atoms with Crippen molar-refractivity contribution in [1.82, 2.24) is 4.98 Å². The lowest BCUT2D eigenvalue weighted by atomic mass is 10.2. The van der Waals surface area contributed by atoms with Gasteiger partial charge >= 0.3 is 0 Å². The summed E-state index contributed by atoms with van der Waals surface area (Å²) in [5, 5.41) is 4.54. The van der Waals surface area contributed by atoms with Crippen LogP contribution in [0.1, 0.15) is 11.1 Å². The van der Waals surface area contributed by atoms with Crippen molar-refractivity contribution >= 4 is 5.69 Å². The Labute approximate surface area is 106 Å². The standard InChI is InChI=1S/C14H15N3O/c1-12-2-4-14(5-3-12)17(16-18)11-8-13-6-9-15-10-7-13/h2-7,9-10H,8,11H2,1H3. The van der Waals surface area contributed by atoms with E-state index in [-0.39, 0.29) is 0 Å². The second-order valence-electron chi connectivity index (χ2n) is 4.15. The Morgan fingerprint density at radius 2 is 1.78 bits per heavy atom. The van der Waals surface area contributed by atoms with Gasteiger partial charge in [0.05, 0.1) is 11.0 Å². The maximum absolute atomic E-state index is 10.9. The molecule has 0 unspecified atom stereocenters. The highest BCUT2D eigenvalue weighted by molar-refractivity contribution is 5.46. The van der Waals surface area contributed by atoms with E-state index in [2.05, 4.69) is 10.3 Å². The molecule has 1 aromatic carbocycles. The van der Waals surface area contributed by atoms with E-state index >= 15 is 0 Å². The van der Waals surface area contributed by atoms with Crippen molar-refractivity contribution in [2.45, 2.75) is 13.3 Å². The first-order valence-corrected chi connectivity index (χ1v) is 5.86. The van der Waals surface area contributed by atoms with Gasteiger partial charge in [-0.25, -0.2) is 5.01 Å². The predicted octanol–water partition coefficient (Wildman–Crippen LogP) is 3.12. The molecule has 0 bridgehead atoms. The SMILES string of the molecule is Cc1ccc(N(CCc2ccncc2)N=O)cc1. The molecule has 1 heterocycles. The van der Waals surface area contributed by atoms with Gasteiger partial charge in [-0.15, -0.1) is 4.91 Å². The van der Waals surface area contributed by atoms with Gasteiger partial charge in [-0.3, -0.25) is 4.98 Å². The van der Waals surface area contributed by atoms with E-state index in [1.54, 1.807) is 12.4 Å². The summed E-state index contributed by atoms with van der Waals surface area (Å²) in [6, 6.07) is 11.6. The highest BCUT2D eigenvalue weighted by Gasteiger charge is 2.06. The number of nitrogens with zero attached hydrogens (tertiary/aromatic N) is 3. The lowest BCUT2D eigenvalue weighted by Crippen LogP contribution is -2.18. The normalized spacial score (nSPS) is 10.1. The summed E-state index contributed by atoms with van der Waals surface area (Å²) < 4.78 is 0. The number of anilines is 1. The minimum absolute atomic E-state index is 0.566. The minimum Gasteiger partial charge on any atom is -0.265 e. The van der Waals surface area contributed by atoms with E-state index in [1.807, 2.05) is 43.3 Å². The molecule has 1 aromatic heterocycles. The number of aromatic nitrogens is 1. The van der Waals surface area contributed by atoms with Crippen molar-refractivity contribution in [3.05, 3.63) is 64.8 Å². The van der Waals surface area contributed by atoms with Crippen molar-refractivity contribution in [2.75, 3.05) is 11.6 Å². The lowest BCUT2D eigenvalue weighted by molar-refractivity contribution is 0.818. The van der Waals surface area contributed by atoms with E-state index in [0.29, 0.717) is 6.54 Å². The maximum Gasteiger partial charge on any atom is 0.0626 e. The van der Waals surface area contributed by atoms with E-state index in [0.717, 1.165) is 17.7 Å². The van der Waals surface area contributed by atoms with Crippen LogP contribution in [0.25, 0.3) is 0 Å². The first-order valence-electron chi connectivity index (χ1n) is 5.86. The Bertz CT molecular complexity index is 496. The second-order valence-corrected chi connectivity index (χ2v) is 4.15. The van der Waals surface area contributed by atoms with Gasteiger partial charge in [-0.05, 0) is 43.2 Å². The van der Waals surface area contributed by atoms with E-state index in [1.165, 1.54) is 10.6 Å². The molecule has 0 radical (unpaired) electrons. The highest BCUT2D eigenvalue weighted by Crippen LogP contribution is 2.16. The fraction of sp³-hybridized carbons (Fsp3) is 0.214. The molecule has 0 atom stereocenters. The molecule has 92 valence electrons. The summed E-state index contributed by atoms with van der Waals surface area (Å²) in [7, 11) is 0. The summed E-state index contributed by atoms with van der Waals surface area (Å²) in [6.45, 7) is 2.58. The van der Waals surface area contributed by atoms with Crippen LogP contribution in [0.15, 0.2) is 54.1 Å². The topological polar surface area (TPSA) is 45.6 Å². The first kappa shape index (κ1) is 12.2. The van der Waals surface area contributed by atoms with Crippen molar-refractivity contribution in [3.63, 3.8) is 0 Å². The molecule has 4 nitrogen and oxygen atoms in total. The molecule has 2 rings (SSSR count). The van der Waals surface area contributed by atoms with E-state index in [4.69, 9.17) is 0 Å². The van der Waals surface area contributed by atoms with Crippen molar-refractivity contribution < 1.29 is 0 Å². The molecule has 0 amide bonds. The van der Waals surface area contributed by atoms with Crippen LogP contribution in [0.2, 0.25) is 0 Å². The number of hydrogen-bond acceptors (Lipinski definition) is 3. The quantitative estimate of drug-likeness (QED) is 0.596. The third-order valence-electron chi connectivity index (χ3n) is 2.79. The van der Waals surface area contributed by atoms with E-state index in [9.17, 15) is 4.91 Å². The Hall–Kier alpha value is -2.23. The molecule has 0 aliphatic rings. The highest BCUT2D eigenvalue weighted by atomic mass is 16.3. The molecule has 0 N–H and O–H groups in total. The van der Waals surface area contributed by atoms with Gasteiger partial charge in [0.25, 0.3) is 0 Å². The Morgan fingerprint density at radius 1 is 1.11 bits per heavy atom. The number of benzene rings is 1. The number of aryl methyl sites for hydroxylation is 1. The largest absolute Gasteiger partial charge is 0.265 e. The fourth-order valence-corrected chi connectivity index (χ4v) is 1.72. The molecule has 0 fully saturated rings. The van der Waals surface area contributed by atoms with Crippen LogP contribution in [-0.4, -0.2) is 11.5 Å². The van der Waals surface area contributed by atoms with Gasteiger partial charge in [-0.1, -0.05) is 17.7 Å². The van der Waals surface area contributed by atoms with Gasteiger partial charge in [0.2, 0.25) is 0 Å². The minimum atomic E-state index is 0.566. The van der Waals surface area contributed by atoms with Crippen LogP contribution in [-0.2, 0) is 6.42 Å². The number of pyridine rings is 1. The van der Waals surface area contributed by atoms with Gasteiger partial charge in [0.1, 0.15) is 0 Å². The fourth-order valence-electron chi connectivity index (χ4n) is 1.72. The third-order valence-corrected chi connectivity index (χ3v) is 2.79. The summed E-state index contributed by atoms with van der Waals surface area (Å²) in [6.07, 6.45) is 4.27. The zero-order chi connectivity index (χ0) is 12.8.